The molecule has 21 heavy (non-hydrogen) atoms. The third kappa shape index (κ3) is 2.47. The fraction of sp³-hybridized carbons (Fsp3) is 0.882. The first-order valence-corrected chi connectivity index (χ1v) is 8.77. The lowest BCUT2D eigenvalue weighted by molar-refractivity contribution is -0.167. The van der Waals surface area contributed by atoms with E-state index < -0.39 is 0 Å². The quantitative estimate of drug-likeness (QED) is 0.785. The SMILES string of the molecule is CCC1CCCCC1N1C(=O)C2CCCCN2C(=O)C1C. The molecule has 1 saturated carbocycles. The molecule has 2 amide bonds. The molecule has 3 rings (SSSR count). The molecule has 2 aliphatic heterocycles. The van der Waals surface area contributed by atoms with E-state index in [1.807, 2.05) is 16.7 Å². The average molecular weight is 292 g/mol. The molecule has 4 heteroatoms. The van der Waals surface area contributed by atoms with E-state index in [2.05, 4.69) is 6.92 Å². The van der Waals surface area contributed by atoms with Crippen LogP contribution in [0.15, 0.2) is 0 Å². The Kier molecular flexibility index (Phi) is 4.23. The number of piperazine rings is 1. The zero-order chi connectivity index (χ0) is 15.0. The van der Waals surface area contributed by atoms with Crippen LogP contribution in [0.4, 0.5) is 0 Å². The van der Waals surface area contributed by atoms with E-state index in [4.69, 9.17) is 0 Å². The lowest BCUT2D eigenvalue weighted by atomic mass is 9.80. The van der Waals surface area contributed by atoms with Crippen molar-refractivity contribution in [2.75, 3.05) is 6.54 Å². The van der Waals surface area contributed by atoms with Gasteiger partial charge in [0.2, 0.25) is 11.8 Å². The molecule has 0 N–H and O–H groups in total. The first kappa shape index (κ1) is 14.9. The van der Waals surface area contributed by atoms with E-state index in [0.717, 1.165) is 38.6 Å². The zero-order valence-electron chi connectivity index (χ0n) is 13.4. The monoisotopic (exact) mass is 292 g/mol. The van der Waals surface area contributed by atoms with Crippen LogP contribution in [-0.4, -0.2) is 46.3 Å². The summed E-state index contributed by atoms with van der Waals surface area (Å²) >= 11 is 0. The number of piperidine rings is 1. The number of rotatable bonds is 2. The first-order chi connectivity index (χ1) is 10.1. The Balaban J connectivity index is 1.86. The molecule has 0 aromatic heterocycles. The maximum atomic E-state index is 13.0. The van der Waals surface area contributed by atoms with E-state index in [0.29, 0.717) is 12.0 Å². The summed E-state index contributed by atoms with van der Waals surface area (Å²) in [5.41, 5.74) is 0. The normalized spacial score (nSPS) is 37.6. The van der Waals surface area contributed by atoms with Gasteiger partial charge in [-0.1, -0.05) is 26.2 Å². The van der Waals surface area contributed by atoms with Crippen LogP contribution in [0.5, 0.6) is 0 Å². The summed E-state index contributed by atoms with van der Waals surface area (Å²) in [7, 11) is 0. The van der Waals surface area contributed by atoms with Gasteiger partial charge in [0.15, 0.2) is 0 Å². The van der Waals surface area contributed by atoms with Crippen molar-refractivity contribution in [2.24, 2.45) is 5.92 Å². The van der Waals surface area contributed by atoms with Crippen molar-refractivity contribution in [2.45, 2.75) is 83.3 Å². The summed E-state index contributed by atoms with van der Waals surface area (Å²) in [6.45, 7) is 4.93. The maximum Gasteiger partial charge on any atom is 0.246 e. The number of carbonyl (C=O) groups excluding carboxylic acids is 2. The second-order valence-corrected chi connectivity index (χ2v) is 6.98. The number of hydrogen-bond acceptors (Lipinski definition) is 2. The lowest BCUT2D eigenvalue weighted by Crippen LogP contribution is -2.68. The Morgan fingerprint density at radius 1 is 1.00 bits per heavy atom. The molecule has 3 aliphatic rings. The maximum absolute atomic E-state index is 13.0. The van der Waals surface area contributed by atoms with Gasteiger partial charge in [0.1, 0.15) is 12.1 Å². The molecule has 1 aliphatic carbocycles. The Morgan fingerprint density at radius 3 is 2.48 bits per heavy atom. The molecule has 3 fully saturated rings. The predicted molar refractivity (Wildman–Crippen MR) is 81.7 cm³/mol. The van der Waals surface area contributed by atoms with Crippen LogP contribution in [0.3, 0.4) is 0 Å². The zero-order valence-corrected chi connectivity index (χ0v) is 13.4. The van der Waals surface area contributed by atoms with Gasteiger partial charge in [-0.05, 0) is 44.9 Å². The molecule has 0 bridgehead atoms. The molecule has 2 saturated heterocycles. The van der Waals surface area contributed by atoms with Crippen LogP contribution >= 0.6 is 0 Å². The minimum absolute atomic E-state index is 0.165. The fourth-order valence-corrected chi connectivity index (χ4v) is 4.66. The van der Waals surface area contributed by atoms with Crippen LogP contribution < -0.4 is 0 Å². The Morgan fingerprint density at radius 2 is 1.71 bits per heavy atom. The molecule has 118 valence electrons. The minimum atomic E-state index is -0.260. The molecule has 4 atom stereocenters. The van der Waals surface area contributed by atoms with Gasteiger partial charge in [-0.3, -0.25) is 9.59 Å². The van der Waals surface area contributed by atoms with E-state index in [1.165, 1.54) is 19.3 Å². The van der Waals surface area contributed by atoms with Crippen molar-refractivity contribution in [3.63, 3.8) is 0 Å². The smallest absolute Gasteiger partial charge is 0.246 e. The van der Waals surface area contributed by atoms with Crippen LogP contribution in [0.1, 0.15) is 65.2 Å². The number of carbonyl (C=O) groups is 2. The highest BCUT2D eigenvalue weighted by Gasteiger charge is 2.48. The van der Waals surface area contributed by atoms with Gasteiger partial charge in [0.25, 0.3) is 0 Å². The van der Waals surface area contributed by atoms with E-state index in [-0.39, 0.29) is 23.9 Å². The summed E-state index contributed by atoms with van der Waals surface area (Å²) in [5, 5.41) is 0. The van der Waals surface area contributed by atoms with E-state index >= 15 is 0 Å². The van der Waals surface area contributed by atoms with Crippen molar-refractivity contribution < 1.29 is 9.59 Å². The molecule has 2 heterocycles. The molecule has 0 radical (unpaired) electrons. The van der Waals surface area contributed by atoms with Crippen molar-refractivity contribution in [1.82, 2.24) is 9.80 Å². The fourth-order valence-electron chi connectivity index (χ4n) is 4.66. The number of hydrogen-bond donors (Lipinski definition) is 0. The number of amides is 2. The van der Waals surface area contributed by atoms with E-state index in [1.54, 1.807) is 0 Å². The molecular formula is C17H28N2O2. The van der Waals surface area contributed by atoms with Crippen LogP contribution in [-0.2, 0) is 9.59 Å². The topological polar surface area (TPSA) is 40.6 Å². The van der Waals surface area contributed by atoms with Gasteiger partial charge in [0, 0.05) is 12.6 Å². The van der Waals surface area contributed by atoms with Crippen molar-refractivity contribution in [3.8, 4) is 0 Å². The molecular weight excluding hydrogens is 264 g/mol. The highest BCUT2D eigenvalue weighted by atomic mass is 16.2. The predicted octanol–water partition coefficient (Wildman–Crippen LogP) is 2.57. The standard InChI is InChI=1S/C17H28N2O2/c1-3-13-8-4-5-9-14(13)19-12(2)16(20)18-11-7-6-10-15(18)17(19)21/h12-15H,3-11H2,1-2H3. The Bertz CT molecular complexity index is 423. The number of fused-ring (bicyclic) bond motifs is 1. The van der Waals surface area contributed by atoms with Crippen molar-refractivity contribution >= 4 is 11.8 Å². The molecule has 0 aromatic rings. The lowest BCUT2D eigenvalue weighted by Gasteiger charge is -2.51. The van der Waals surface area contributed by atoms with Crippen molar-refractivity contribution in [1.29, 1.82) is 0 Å². The van der Waals surface area contributed by atoms with Gasteiger partial charge in [0.05, 0.1) is 0 Å². The van der Waals surface area contributed by atoms with Gasteiger partial charge < -0.3 is 9.80 Å². The Hall–Kier alpha value is -1.06. The second-order valence-electron chi connectivity index (χ2n) is 6.98. The largest absolute Gasteiger partial charge is 0.329 e. The van der Waals surface area contributed by atoms with Gasteiger partial charge in [-0.25, -0.2) is 0 Å². The van der Waals surface area contributed by atoms with E-state index in [9.17, 15) is 9.59 Å². The summed E-state index contributed by atoms with van der Waals surface area (Å²) in [4.78, 5) is 29.5. The molecule has 0 spiro atoms. The van der Waals surface area contributed by atoms with Gasteiger partial charge in [-0.2, -0.15) is 0 Å². The van der Waals surface area contributed by atoms with Crippen molar-refractivity contribution in [3.05, 3.63) is 0 Å². The number of nitrogens with zero attached hydrogens (tertiary/aromatic N) is 2. The third-order valence-electron chi connectivity index (χ3n) is 5.85. The second kappa shape index (κ2) is 5.98. The Labute approximate surface area is 127 Å². The van der Waals surface area contributed by atoms with Crippen LogP contribution in [0.2, 0.25) is 0 Å². The highest BCUT2D eigenvalue weighted by Crippen LogP contribution is 2.36. The molecule has 4 unspecified atom stereocenters. The van der Waals surface area contributed by atoms with Crippen LogP contribution in [0, 0.1) is 5.92 Å². The van der Waals surface area contributed by atoms with Crippen LogP contribution in [0.25, 0.3) is 0 Å². The molecule has 4 nitrogen and oxygen atoms in total. The summed E-state index contributed by atoms with van der Waals surface area (Å²) in [6, 6.07) is -0.134. The highest BCUT2D eigenvalue weighted by molar-refractivity contribution is 5.97. The average Bonchev–Trinajstić information content (AvgIpc) is 2.53. The minimum Gasteiger partial charge on any atom is -0.329 e. The summed E-state index contributed by atoms with van der Waals surface area (Å²) in [6.07, 6.45) is 8.85. The third-order valence-corrected chi connectivity index (χ3v) is 5.85. The van der Waals surface area contributed by atoms with Gasteiger partial charge >= 0.3 is 0 Å². The first-order valence-electron chi connectivity index (χ1n) is 8.77. The van der Waals surface area contributed by atoms with Gasteiger partial charge in [-0.15, -0.1) is 0 Å². The summed E-state index contributed by atoms with van der Waals surface area (Å²) in [5.74, 6) is 0.986. The summed E-state index contributed by atoms with van der Waals surface area (Å²) < 4.78 is 0. The molecule has 0 aromatic carbocycles.